The van der Waals surface area contributed by atoms with Crippen LogP contribution in [0.5, 0.6) is 11.5 Å². The number of nitrogens with zero attached hydrogens (tertiary/aromatic N) is 2. The quantitative estimate of drug-likeness (QED) is 0.169. The normalized spacial score (nSPS) is 26.9. The number of fused-ring (bicyclic) bond motifs is 5. The van der Waals surface area contributed by atoms with E-state index in [9.17, 15) is 24.3 Å². The SMILES string of the molecule is COc1ccc([C@@]23C(=O)N(Nc4ccc(Cl)cc4Cl)C(=O)[C@@H]2C[C@@H]2C(=CC[C@@H]4C(=O)N(C(N)=O)C(=O)[C@@H]42)[C@@H]3c2ccc3ccccc3c2O)cc1. The largest absolute Gasteiger partial charge is 0.507 e. The number of amides is 6. The summed E-state index contributed by atoms with van der Waals surface area (Å²) < 4.78 is 5.44. The Balaban J connectivity index is 1.40. The highest BCUT2D eigenvalue weighted by molar-refractivity contribution is 6.36. The standard InChI is InChI=1S/C38H30Cl2N4O7/c1-51-21-10-7-19(8-11-21)38-27(34(47)44(36(38)49)42-29-15-9-20(39)16-28(29)40)17-26-23(13-14-24-30(26)35(48)43(33(24)46)37(41)50)31(38)25-12-6-18-4-2-3-5-22(18)32(25)45/h2-13,15-16,24,26-27,30-31,42,45H,14,17H2,1H3,(H2,41,50)/t24-,26+,27-,30-,31+,38+/m0/s1. The van der Waals surface area contributed by atoms with Gasteiger partial charge in [0.15, 0.2) is 0 Å². The zero-order valence-electron chi connectivity index (χ0n) is 27.0. The number of nitrogens with one attached hydrogen (secondary N) is 1. The van der Waals surface area contributed by atoms with Gasteiger partial charge in [0.25, 0.3) is 11.8 Å². The summed E-state index contributed by atoms with van der Waals surface area (Å²) in [6, 6.07) is 21.1. The predicted octanol–water partition coefficient (Wildman–Crippen LogP) is 5.92. The second kappa shape index (κ2) is 11.9. The Morgan fingerprint density at radius 2 is 1.69 bits per heavy atom. The lowest BCUT2D eigenvalue weighted by Gasteiger charge is -2.50. The highest BCUT2D eigenvalue weighted by Gasteiger charge is 2.71. The molecular formula is C38H30Cl2N4O7. The molecule has 0 unspecified atom stereocenters. The van der Waals surface area contributed by atoms with Crippen LogP contribution in [0.15, 0.2) is 90.5 Å². The van der Waals surface area contributed by atoms with Gasteiger partial charge in [0.2, 0.25) is 11.8 Å². The number of halogens is 2. The van der Waals surface area contributed by atoms with E-state index in [0.717, 1.165) is 10.4 Å². The number of benzene rings is 4. The molecule has 4 aromatic rings. The number of primary amides is 1. The van der Waals surface area contributed by atoms with Crippen LogP contribution in [0.3, 0.4) is 0 Å². The summed E-state index contributed by atoms with van der Waals surface area (Å²) in [5, 5.41) is 14.8. The molecule has 4 aliphatic rings. The van der Waals surface area contributed by atoms with E-state index in [1.807, 2.05) is 24.3 Å². The lowest BCUT2D eigenvalue weighted by molar-refractivity contribution is -0.139. The molecule has 0 radical (unpaired) electrons. The lowest BCUT2D eigenvalue weighted by atomic mass is 9.49. The van der Waals surface area contributed by atoms with Gasteiger partial charge in [-0.2, -0.15) is 9.91 Å². The first-order chi connectivity index (χ1) is 24.5. The number of ether oxygens (including phenoxy) is 1. The average molecular weight is 726 g/mol. The van der Waals surface area contributed by atoms with Crippen LogP contribution >= 0.6 is 23.2 Å². The Morgan fingerprint density at radius 1 is 0.941 bits per heavy atom. The van der Waals surface area contributed by atoms with Gasteiger partial charge in [-0.3, -0.25) is 24.6 Å². The van der Waals surface area contributed by atoms with E-state index in [1.165, 1.54) is 13.2 Å². The van der Waals surface area contributed by atoms with E-state index in [0.29, 0.717) is 37.8 Å². The number of allylic oxidation sites excluding steroid dienone is 2. The third-order valence-electron chi connectivity index (χ3n) is 11.0. The molecule has 4 N–H and O–H groups in total. The highest BCUT2D eigenvalue weighted by atomic mass is 35.5. The maximum Gasteiger partial charge on any atom is 0.328 e. The number of urea groups is 1. The smallest absolute Gasteiger partial charge is 0.328 e. The second-order valence-electron chi connectivity index (χ2n) is 13.3. The van der Waals surface area contributed by atoms with Crippen LogP contribution < -0.4 is 15.9 Å². The molecule has 0 aromatic heterocycles. The van der Waals surface area contributed by atoms with E-state index >= 15 is 4.79 Å². The molecule has 2 aliphatic heterocycles. The summed E-state index contributed by atoms with van der Waals surface area (Å²) >= 11 is 12.7. The Bertz CT molecular complexity index is 2240. The maximum atomic E-state index is 15.4. The summed E-state index contributed by atoms with van der Waals surface area (Å²) in [4.78, 5) is 70.3. The molecule has 2 heterocycles. The van der Waals surface area contributed by atoms with Gasteiger partial charge in [0.1, 0.15) is 11.5 Å². The minimum Gasteiger partial charge on any atom is -0.507 e. The number of anilines is 1. The molecule has 6 atom stereocenters. The van der Waals surface area contributed by atoms with Crippen molar-refractivity contribution in [2.75, 3.05) is 12.5 Å². The number of phenolic OH excluding ortho intramolecular Hbond substituents is 1. The van der Waals surface area contributed by atoms with Crippen LogP contribution in [-0.2, 0) is 24.6 Å². The fraction of sp³-hybridized carbons (Fsp3) is 0.237. The molecule has 0 spiro atoms. The number of carbonyl (C=O) groups is 5. The number of rotatable bonds is 5. The van der Waals surface area contributed by atoms with Crippen molar-refractivity contribution in [3.63, 3.8) is 0 Å². The van der Waals surface area contributed by atoms with Crippen LogP contribution in [0.2, 0.25) is 10.0 Å². The van der Waals surface area contributed by atoms with Crippen LogP contribution in [0.25, 0.3) is 10.8 Å². The van der Waals surface area contributed by atoms with Crippen molar-refractivity contribution >= 4 is 69.3 Å². The first kappa shape index (κ1) is 32.8. The molecule has 2 aliphatic carbocycles. The van der Waals surface area contributed by atoms with Crippen molar-refractivity contribution in [1.82, 2.24) is 9.91 Å². The number of imide groups is 4. The molecule has 258 valence electrons. The number of aromatic hydroxyl groups is 1. The molecular weight excluding hydrogens is 695 g/mol. The zero-order valence-corrected chi connectivity index (χ0v) is 28.5. The number of likely N-dealkylation sites (tertiary alicyclic amines) is 1. The number of phenols is 1. The van der Waals surface area contributed by atoms with E-state index < -0.39 is 64.7 Å². The fourth-order valence-electron chi connectivity index (χ4n) is 8.91. The number of hydrazine groups is 1. The van der Waals surface area contributed by atoms with Gasteiger partial charge in [-0.05, 0) is 60.0 Å². The van der Waals surface area contributed by atoms with E-state index in [4.69, 9.17) is 33.7 Å². The van der Waals surface area contributed by atoms with E-state index in [-0.39, 0.29) is 29.3 Å². The lowest BCUT2D eigenvalue weighted by Crippen LogP contribution is -2.53. The van der Waals surface area contributed by atoms with Gasteiger partial charge in [-0.25, -0.2) is 4.79 Å². The Morgan fingerprint density at radius 3 is 2.39 bits per heavy atom. The molecule has 6 amide bonds. The van der Waals surface area contributed by atoms with Crippen LogP contribution in [0.4, 0.5) is 10.5 Å². The summed E-state index contributed by atoms with van der Waals surface area (Å²) in [5.74, 6) is -6.99. The van der Waals surface area contributed by atoms with Crippen molar-refractivity contribution < 1.29 is 33.8 Å². The summed E-state index contributed by atoms with van der Waals surface area (Å²) in [5.41, 5.74) is 8.47. The topological polar surface area (TPSA) is 159 Å². The van der Waals surface area contributed by atoms with Gasteiger partial charge < -0.3 is 15.6 Å². The third kappa shape index (κ3) is 4.61. The molecule has 8 rings (SSSR count). The first-order valence-corrected chi connectivity index (χ1v) is 17.1. The van der Waals surface area contributed by atoms with Crippen LogP contribution in [-0.4, -0.2) is 51.8 Å². The fourth-order valence-corrected chi connectivity index (χ4v) is 9.36. The molecule has 11 nitrogen and oxygen atoms in total. The molecule has 3 fully saturated rings. The van der Waals surface area contributed by atoms with Crippen molar-refractivity contribution in [2.45, 2.75) is 24.2 Å². The minimum atomic E-state index is -1.67. The van der Waals surface area contributed by atoms with Gasteiger partial charge in [0, 0.05) is 21.9 Å². The molecule has 0 bridgehead atoms. The molecule has 51 heavy (non-hydrogen) atoms. The van der Waals surface area contributed by atoms with Crippen LogP contribution in [0, 0.1) is 23.7 Å². The van der Waals surface area contributed by atoms with Crippen molar-refractivity contribution in [3.05, 3.63) is 112 Å². The van der Waals surface area contributed by atoms with Gasteiger partial charge in [-0.15, -0.1) is 0 Å². The van der Waals surface area contributed by atoms with E-state index in [2.05, 4.69) is 5.43 Å². The van der Waals surface area contributed by atoms with Crippen LogP contribution in [0.1, 0.15) is 29.9 Å². The van der Waals surface area contributed by atoms with Gasteiger partial charge >= 0.3 is 6.03 Å². The molecule has 2 saturated heterocycles. The van der Waals surface area contributed by atoms with Gasteiger partial charge in [-0.1, -0.05) is 83.4 Å². The van der Waals surface area contributed by atoms with Gasteiger partial charge in [0.05, 0.1) is 41.0 Å². The number of nitrogens with two attached hydrogens (primary N) is 1. The Labute approximate surface area is 301 Å². The van der Waals surface area contributed by atoms with Crippen molar-refractivity contribution in [3.8, 4) is 11.5 Å². The second-order valence-corrected chi connectivity index (χ2v) is 14.1. The number of carbonyl (C=O) groups excluding carboxylic acids is 5. The minimum absolute atomic E-state index is 0.0212. The number of hydrogen-bond acceptors (Lipinski definition) is 8. The molecule has 4 aromatic carbocycles. The van der Waals surface area contributed by atoms with E-state index in [1.54, 1.807) is 54.6 Å². The van der Waals surface area contributed by atoms with Crippen molar-refractivity contribution in [2.24, 2.45) is 29.4 Å². The third-order valence-corrected chi connectivity index (χ3v) is 11.6. The summed E-state index contributed by atoms with van der Waals surface area (Å²) in [7, 11) is 1.52. The number of hydrogen-bond donors (Lipinski definition) is 3. The summed E-state index contributed by atoms with van der Waals surface area (Å²) in [6.45, 7) is 0. The molecule has 13 heteroatoms. The summed E-state index contributed by atoms with van der Waals surface area (Å²) in [6.07, 6.45) is 1.89. The monoisotopic (exact) mass is 724 g/mol. The highest BCUT2D eigenvalue weighted by Crippen LogP contribution is 2.65. The first-order valence-electron chi connectivity index (χ1n) is 16.3. The average Bonchev–Trinajstić information content (AvgIpc) is 3.50. The maximum absolute atomic E-state index is 15.4. The van der Waals surface area contributed by atoms with Crippen molar-refractivity contribution in [1.29, 1.82) is 0 Å². The predicted molar refractivity (Wildman–Crippen MR) is 188 cm³/mol. The Hall–Kier alpha value is -5.39. The Kier molecular flexibility index (Phi) is 7.62. The molecule has 1 saturated carbocycles. The number of methoxy groups -OCH3 is 1. The zero-order chi connectivity index (χ0) is 35.9.